The molecule has 0 bridgehead atoms. The zero-order valence-electron chi connectivity index (χ0n) is 20.3. The van der Waals surface area contributed by atoms with Crippen LogP contribution < -0.4 is 4.74 Å². The second kappa shape index (κ2) is 11.1. The van der Waals surface area contributed by atoms with Crippen molar-refractivity contribution in [2.24, 2.45) is 0 Å². The lowest BCUT2D eigenvalue weighted by molar-refractivity contribution is -0.387. The molecule has 1 saturated heterocycles. The molecular weight excluding hydrogens is 520 g/mol. The average molecular weight is 543 g/mol. The van der Waals surface area contributed by atoms with Crippen molar-refractivity contribution in [3.8, 4) is 5.75 Å². The molecule has 0 atom stereocenters. The Balaban J connectivity index is 1.28. The van der Waals surface area contributed by atoms with Gasteiger partial charge in [-0.2, -0.15) is 0 Å². The van der Waals surface area contributed by atoms with E-state index in [1.165, 1.54) is 23.9 Å². The van der Waals surface area contributed by atoms with E-state index in [9.17, 15) is 19.7 Å². The SMILES string of the molecule is Cc1ccc(Sc2ccc(/C=C3\SC(=O)N(CCOc4cccc5ccccc45)C3=O)cc2[N+](=O)[O-])cc1. The van der Waals surface area contributed by atoms with Crippen LogP contribution in [0.25, 0.3) is 16.8 Å². The van der Waals surface area contributed by atoms with Crippen molar-refractivity contribution in [1.29, 1.82) is 0 Å². The third-order valence-corrected chi connectivity index (χ3v) is 7.90. The lowest BCUT2D eigenvalue weighted by Crippen LogP contribution is -2.32. The van der Waals surface area contributed by atoms with Gasteiger partial charge in [0.1, 0.15) is 12.4 Å². The molecule has 38 heavy (non-hydrogen) atoms. The summed E-state index contributed by atoms with van der Waals surface area (Å²) in [6.45, 7) is 2.22. The number of carbonyl (C=O) groups excluding carboxylic acids is 2. The predicted octanol–water partition coefficient (Wildman–Crippen LogP) is 7.32. The van der Waals surface area contributed by atoms with E-state index < -0.39 is 16.1 Å². The van der Waals surface area contributed by atoms with Gasteiger partial charge in [0.2, 0.25) is 0 Å². The van der Waals surface area contributed by atoms with Crippen LogP contribution >= 0.6 is 23.5 Å². The predicted molar refractivity (Wildman–Crippen MR) is 151 cm³/mol. The highest BCUT2D eigenvalue weighted by atomic mass is 32.2. The van der Waals surface area contributed by atoms with Crippen molar-refractivity contribution in [1.82, 2.24) is 4.90 Å². The maximum Gasteiger partial charge on any atom is 0.293 e. The molecule has 0 aliphatic carbocycles. The molecule has 0 radical (unpaired) electrons. The van der Waals surface area contributed by atoms with Crippen molar-refractivity contribution in [2.75, 3.05) is 13.2 Å². The quantitative estimate of drug-likeness (QED) is 0.131. The summed E-state index contributed by atoms with van der Waals surface area (Å²) in [6, 6.07) is 26.1. The van der Waals surface area contributed by atoms with Crippen LogP contribution in [0.3, 0.4) is 0 Å². The van der Waals surface area contributed by atoms with Gasteiger partial charge < -0.3 is 4.74 Å². The Labute approximate surface area is 227 Å². The van der Waals surface area contributed by atoms with Crippen LogP contribution in [-0.2, 0) is 4.79 Å². The molecule has 7 nitrogen and oxygen atoms in total. The van der Waals surface area contributed by atoms with Crippen LogP contribution in [-0.4, -0.2) is 34.1 Å². The standard InChI is InChI=1S/C29H22N2O5S2/c1-19-9-12-22(13-10-19)37-26-14-11-20(17-24(26)31(34)35)18-27-28(32)30(29(33)38-27)15-16-36-25-8-4-6-21-5-2-3-7-23(21)25/h2-14,17-18H,15-16H2,1H3/b27-18-. The smallest absolute Gasteiger partial charge is 0.293 e. The fraction of sp³-hybridized carbons (Fsp3) is 0.103. The molecule has 190 valence electrons. The fourth-order valence-corrected chi connectivity index (χ4v) is 5.76. The van der Waals surface area contributed by atoms with E-state index in [1.54, 1.807) is 12.1 Å². The lowest BCUT2D eigenvalue weighted by atomic mass is 10.1. The number of carbonyl (C=O) groups is 2. The average Bonchev–Trinajstić information content (AvgIpc) is 3.18. The van der Waals surface area contributed by atoms with Gasteiger partial charge in [0.25, 0.3) is 16.8 Å². The first kappa shape index (κ1) is 25.6. The number of hydrogen-bond acceptors (Lipinski definition) is 7. The highest BCUT2D eigenvalue weighted by molar-refractivity contribution is 8.18. The number of nitro groups is 1. The lowest BCUT2D eigenvalue weighted by Gasteiger charge is -2.14. The maximum atomic E-state index is 13.0. The Morgan fingerprint density at radius 3 is 2.55 bits per heavy atom. The highest BCUT2D eigenvalue weighted by Gasteiger charge is 2.35. The summed E-state index contributed by atoms with van der Waals surface area (Å²) in [7, 11) is 0. The van der Waals surface area contributed by atoms with Gasteiger partial charge in [-0.05, 0) is 60.0 Å². The van der Waals surface area contributed by atoms with E-state index in [-0.39, 0.29) is 23.7 Å². The highest BCUT2D eigenvalue weighted by Crippen LogP contribution is 2.37. The molecule has 4 aromatic rings. The van der Waals surface area contributed by atoms with E-state index in [1.807, 2.05) is 73.7 Å². The van der Waals surface area contributed by atoms with Gasteiger partial charge in [0.05, 0.1) is 21.3 Å². The van der Waals surface area contributed by atoms with Crippen molar-refractivity contribution in [3.63, 3.8) is 0 Å². The van der Waals surface area contributed by atoms with Crippen LogP contribution in [0.5, 0.6) is 5.75 Å². The summed E-state index contributed by atoms with van der Waals surface area (Å²) in [6.07, 6.45) is 1.52. The van der Waals surface area contributed by atoms with E-state index in [2.05, 4.69) is 0 Å². The van der Waals surface area contributed by atoms with E-state index in [0.29, 0.717) is 16.2 Å². The number of ether oxygens (including phenoxy) is 1. The first-order valence-corrected chi connectivity index (χ1v) is 13.4. The number of hydrogen-bond donors (Lipinski definition) is 0. The topological polar surface area (TPSA) is 89.8 Å². The Kier molecular flexibility index (Phi) is 7.48. The van der Waals surface area contributed by atoms with Crippen molar-refractivity contribution in [2.45, 2.75) is 16.7 Å². The summed E-state index contributed by atoms with van der Waals surface area (Å²) < 4.78 is 5.89. The van der Waals surface area contributed by atoms with E-state index in [4.69, 9.17) is 4.74 Å². The molecule has 1 fully saturated rings. The monoisotopic (exact) mass is 542 g/mol. The number of imide groups is 1. The van der Waals surface area contributed by atoms with Gasteiger partial charge in [-0.1, -0.05) is 71.9 Å². The minimum absolute atomic E-state index is 0.0629. The molecule has 0 unspecified atom stereocenters. The van der Waals surface area contributed by atoms with Crippen LogP contribution in [0.1, 0.15) is 11.1 Å². The zero-order valence-corrected chi connectivity index (χ0v) is 22.0. The van der Waals surface area contributed by atoms with Crippen LogP contribution in [0.15, 0.2) is 99.6 Å². The summed E-state index contributed by atoms with van der Waals surface area (Å²) >= 11 is 2.12. The first-order valence-electron chi connectivity index (χ1n) is 11.8. The minimum atomic E-state index is -0.442. The third-order valence-electron chi connectivity index (χ3n) is 5.92. The molecule has 1 aliphatic rings. The summed E-state index contributed by atoms with van der Waals surface area (Å²) in [5, 5.41) is 13.4. The Hall–Kier alpha value is -4.08. The van der Waals surface area contributed by atoms with Gasteiger partial charge in [0.15, 0.2) is 0 Å². The first-order chi connectivity index (χ1) is 18.4. The summed E-state index contributed by atoms with van der Waals surface area (Å²) in [4.78, 5) is 39.6. The number of aryl methyl sites for hydroxylation is 1. The molecule has 0 aromatic heterocycles. The largest absolute Gasteiger partial charge is 0.491 e. The van der Waals surface area contributed by atoms with Crippen LogP contribution in [0.2, 0.25) is 0 Å². The fourth-order valence-electron chi connectivity index (χ4n) is 4.00. The van der Waals surface area contributed by atoms with Crippen LogP contribution in [0.4, 0.5) is 10.5 Å². The number of nitro benzene ring substituents is 1. The number of amides is 2. The molecule has 5 rings (SSSR count). The van der Waals surface area contributed by atoms with Gasteiger partial charge in [0, 0.05) is 16.3 Å². The second-order valence-electron chi connectivity index (χ2n) is 8.56. The number of nitrogens with zero attached hydrogens (tertiary/aromatic N) is 2. The van der Waals surface area contributed by atoms with Gasteiger partial charge in [-0.25, -0.2) is 0 Å². The molecule has 1 heterocycles. The van der Waals surface area contributed by atoms with Gasteiger partial charge in [-0.3, -0.25) is 24.6 Å². The molecule has 0 spiro atoms. The third kappa shape index (κ3) is 5.58. The molecule has 4 aromatic carbocycles. The summed E-state index contributed by atoms with van der Waals surface area (Å²) in [5.41, 5.74) is 1.52. The van der Waals surface area contributed by atoms with Gasteiger partial charge in [-0.15, -0.1) is 0 Å². The number of fused-ring (bicyclic) bond motifs is 1. The molecule has 9 heteroatoms. The van der Waals surface area contributed by atoms with Crippen molar-refractivity contribution >= 4 is 57.2 Å². The maximum absolute atomic E-state index is 13.0. The van der Waals surface area contributed by atoms with E-state index in [0.717, 1.165) is 37.9 Å². The molecule has 0 N–H and O–H groups in total. The Morgan fingerprint density at radius 2 is 1.76 bits per heavy atom. The normalized spacial score (nSPS) is 14.4. The Bertz CT molecular complexity index is 1580. The van der Waals surface area contributed by atoms with Gasteiger partial charge >= 0.3 is 0 Å². The minimum Gasteiger partial charge on any atom is -0.491 e. The number of rotatable bonds is 8. The molecular formula is C29H22N2O5S2. The second-order valence-corrected chi connectivity index (χ2v) is 10.7. The summed E-state index contributed by atoms with van der Waals surface area (Å²) in [5.74, 6) is 0.240. The van der Waals surface area contributed by atoms with Crippen LogP contribution in [0, 0.1) is 17.0 Å². The number of benzene rings is 4. The Morgan fingerprint density at radius 1 is 1.00 bits per heavy atom. The zero-order chi connectivity index (χ0) is 26.6. The van der Waals surface area contributed by atoms with Crippen molar-refractivity contribution < 1.29 is 19.2 Å². The molecule has 1 aliphatic heterocycles. The molecule has 0 saturated carbocycles. The van der Waals surface area contributed by atoms with E-state index >= 15 is 0 Å². The number of thioether (sulfide) groups is 1. The van der Waals surface area contributed by atoms with Crippen molar-refractivity contribution in [3.05, 3.63) is 111 Å². The molecule has 2 amide bonds.